The van der Waals surface area contributed by atoms with E-state index in [9.17, 15) is 4.39 Å². The molecule has 2 heterocycles. The fourth-order valence-electron chi connectivity index (χ4n) is 2.36. The molecule has 0 radical (unpaired) electrons. The van der Waals surface area contributed by atoms with Gasteiger partial charge in [0.1, 0.15) is 6.17 Å². The summed E-state index contributed by atoms with van der Waals surface area (Å²) < 4.78 is 14.0. The Hall–Kier alpha value is -1.16. The van der Waals surface area contributed by atoms with E-state index in [1.165, 1.54) is 5.56 Å². The van der Waals surface area contributed by atoms with E-state index in [1.807, 2.05) is 18.1 Å². The molecule has 0 unspecified atom stereocenters. The molecule has 1 saturated heterocycles. The highest BCUT2D eigenvalue weighted by atomic mass is 19.1. The Kier molecular flexibility index (Phi) is 4.09. The molecule has 0 bridgehead atoms. The van der Waals surface area contributed by atoms with Crippen LogP contribution in [0.4, 0.5) is 10.1 Å². The summed E-state index contributed by atoms with van der Waals surface area (Å²) in [5.74, 6) is 0. The van der Waals surface area contributed by atoms with Gasteiger partial charge in [0.25, 0.3) is 0 Å². The first-order chi connectivity index (χ1) is 8.86. The smallest absolute Gasteiger partial charge is 0.133 e. The summed E-state index contributed by atoms with van der Waals surface area (Å²) in [4.78, 5) is 6.30. The van der Waals surface area contributed by atoms with Gasteiger partial charge in [0, 0.05) is 25.5 Å². The molecule has 0 spiro atoms. The monoisotopic (exact) mass is 265 g/mol. The second-order valence-corrected chi connectivity index (χ2v) is 6.53. The van der Waals surface area contributed by atoms with Crippen LogP contribution < -0.4 is 5.32 Å². The average molecular weight is 265 g/mol. The van der Waals surface area contributed by atoms with Gasteiger partial charge >= 0.3 is 0 Å². The zero-order chi connectivity index (χ0) is 14.0. The fourth-order valence-corrected chi connectivity index (χ4v) is 2.36. The fraction of sp³-hybridized carbons (Fsp3) is 0.667. The number of alkyl halides is 1. The molecule has 3 nitrogen and oxygen atoms in total. The SMILES string of the molecule is CN1CC[C@H](Nc2cncc(C(C)(C)C)c2)[C@H](F)C1. The van der Waals surface area contributed by atoms with Crippen LogP contribution in [0, 0.1) is 0 Å². The maximum absolute atomic E-state index is 14.0. The lowest BCUT2D eigenvalue weighted by Crippen LogP contribution is -2.46. The molecule has 1 aliphatic heterocycles. The number of rotatable bonds is 2. The van der Waals surface area contributed by atoms with Crippen molar-refractivity contribution in [2.75, 3.05) is 25.5 Å². The van der Waals surface area contributed by atoms with E-state index >= 15 is 0 Å². The van der Waals surface area contributed by atoms with Crippen molar-refractivity contribution < 1.29 is 4.39 Å². The van der Waals surface area contributed by atoms with Crippen LogP contribution in [0.3, 0.4) is 0 Å². The number of nitrogens with zero attached hydrogens (tertiary/aromatic N) is 2. The summed E-state index contributed by atoms with van der Waals surface area (Å²) in [6.07, 6.45) is 3.67. The van der Waals surface area contributed by atoms with E-state index in [-0.39, 0.29) is 11.5 Å². The van der Waals surface area contributed by atoms with Crippen molar-refractivity contribution in [3.63, 3.8) is 0 Å². The minimum Gasteiger partial charge on any atom is -0.378 e. The Morgan fingerprint density at radius 1 is 1.37 bits per heavy atom. The molecule has 1 aromatic heterocycles. The molecule has 0 aliphatic carbocycles. The number of hydrogen-bond donors (Lipinski definition) is 1. The minimum atomic E-state index is -0.822. The third-order valence-electron chi connectivity index (χ3n) is 3.70. The van der Waals surface area contributed by atoms with Crippen LogP contribution in [0.25, 0.3) is 0 Å². The molecule has 1 aromatic rings. The molecule has 0 aromatic carbocycles. The van der Waals surface area contributed by atoms with E-state index in [0.29, 0.717) is 6.54 Å². The molecule has 2 atom stereocenters. The Labute approximate surface area is 115 Å². The first kappa shape index (κ1) is 14.3. The quantitative estimate of drug-likeness (QED) is 0.891. The van der Waals surface area contributed by atoms with Gasteiger partial charge < -0.3 is 10.2 Å². The summed E-state index contributed by atoms with van der Waals surface area (Å²) >= 11 is 0. The predicted molar refractivity (Wildman–Crippen MR) is 77.4 cm³/mol. The molecule has 2 rings (SSSR count). The maximum atomic E-state index is 14.0. The highest BCUT2D eigenvalue weighted by molar-refractivity contribution is 5.45. The number of halogens is 1. The van der Waals surface area contributed by atoms with Crippen LogP contribution in [0.5, 0.6) is 0 Å². The number of nitrogens with one attached hydrogen (secondary N) is 1. The van der Waals surface area contributed by atoms with E-state index < -0.39 is 6.17 Å². The lowest BCUT2D eigenvalue weighted by molar-refractivity contribution is 0.149. The van der Waals surface area contributed by atoms with Gasteiger partial charge in [0.15, 0.2) is 0 Å². The Morgan fingerprint density at radius 3 is 2.74 bits per heavy atom. The van der Waals surface area contributed by atoms with Crippen molar-refractivity contribution in [3.8, 4) is 0 Å². The summed E-state index contributed by atoms with van der Waals surface area (Å²) in [5.41, 5.74) is 2.15. The van der Waals surface area contributed by atoms with Gasteiger partial charge in [-0.3, -0.25) is 4.98 Å². The van der Waals surface area contributed by atoms with Gasteiger partial charge in [-0.25, -0.2) is 4.39 Å². The third-order valence-corrected chi connectivity index (χ3v) is 3.70. The summed E-state index contributed by atoms with van der Waals surface area (Å²) in [6.45, 7) is 7.90. The maximum Gasteiger partial charge on any atom is 0.133 e. The lowest BCUT2D eigenvalue weighted by atomic mass is 9.88. The van der Waals surface area contributed by atoms with Gasteiger partial charge in [-0.05, 0) is 30.5 Å². The van der Waals surface area contributed by atoms with Gasteiger partial charge in [-0.2, -0.15) is 0 Å². The Morgan fingerprint density at radius 2 is 2.11 bits per heavy atom. The predicted octanol–water partition coefficient (Wildman–Crippen LogP) is 2.83. The van der Waals surface area contributed by atoms with Crippen molar-refractivity contribution >= 4 is 5.69 Å². The molecule has 0 amide bonds. The number of anilines is 1. The number of piperidine rings is 1. The molecular formula is C15H24FN3. The Bertz CT molecular complexity index is 428. The Balaban J connectivity index is 2.07. The molecule has 1 fully saturated rings. The molecule has 4 heteroatoms. The number of likely N-dealkylation sites (tertiary alicyclic amines) is 1. The van der Waals surface area contributed by atoms with Crippen molar-refractivity contribution in [1.82, 2.24) is 9.88 Å². The minimum absolute atomic E-state index is 0.0621. The van der Waals surface area contributed by atoms with Crippen molar-refractivity contribution in [2.45, 2.75) is 44.8 Å². The standard InChI is InChI=1S/C15H24FN3/c1-15(2,3)11-7-12(9-17-8-11)18-14-5-6-19(4)10-13(14)16/h7-9,13-14,18H,5-6,10H2,1-4H3/t13-,14+/m1/s1. The van der Waals surface area contributed by atoms with Crippen LogP contribution in [0.2, 0.25) is 0 Å². The average Bonchev–Trinajstić information content (AvgIpc) is 2.32. The zero-order valence-electron chi connectivity index (χ0n) is 12.3. The van der Waals surface area contributed by atoms with Gasteiger partial charge in [-0.1, -0.05) is 20.8 Å². The molecule has 19 heavy (non-hydrogen) atoms. The first-order valence-electron chi connectivity index (χ1n) is 6.91. The summed E-state index contributed by atoms with van der Waals surface area (Å²) in [7, 11) is 1.96. The van der Waals surface area contributed by atoms with Crippen LogP contribution in [0.15, 0.2) is 18.5 Å². The molecule has 1 aliphatic rings. The number of hydrogen-bond acceptors (Lipinski definition) is 3. The number of aromatic nitrogens is 1. The van der Waals surface area contributed by atoms with Crippen molar-refractivity contribution in [1.29, 1.82) is 0 Å². The highest BCUT2D eigenvalue weighted by Crippen LogP contribution is 2.25. The van der Waals surface area contributed by atoms with Crippen molar-refractivity contribution in [2.24, 2.45) is 0 Å². The third kappa shape index (κ3) is 3.66. The largest absolute Gasteiger partial charge is 0.378 e. The lowest BCUT2D eigenvalue weighted by Gasteiger charge is -2.33. The summed E-state index contributed by atoms with van der Waals surface area (Å²) in [5, 5.41) is 3.30. The highest BCUT2D eigenvalue weighted by Gasteiger charge is 2.27. The van der Waals surface area contributed by atoms with Crippen LogP contribution in [0.1, 0.15) is 32.8 Å². The van der Waals surface area contributed by atoms with Crippen LogP contribution in [-0.4, -0.2) is 42.2 Å². The molecule has 106 valence electrons. The molecule has 0 saturated carbocycles. The first-order valence-corrected chi connectivity index (χ1v) is 6.91. The van der Waals surface area contributed by atoms with E-state index in [0.717, 1.165) is 18.7 Å². The molecule has 1 N–H and O–H groups in total. The second-order valence-electron chi connectivity index (χ2n) is 6.53. The second kappa shape index (κ2) is 5.45. The van der Waals surface area contributed by atoms with Crippen molar-refractivity contribution in [3.05, 3.63) is 24.0 Å². The van der Waals surface area contributed by atoms with E-state index in [4.69, 9.17) is 0 Å². The van der Waals surface area contributed by atoms with Gasteiger partial charge in [-0.15, -0.1) is 0 Å². The summed E-state index contributed by atoms with van der Waals surface area (Å²) in [6, 6.07) is 1.98. The zero-order valence-corrected chi connectivity index (χ0v) is 12.3. The van der Waals surface area contributed by atoms with E-state index in [1.54, 1.807) is 6.20 Å². The van der Waals surface area contributed by atoms with Crippen LogP contribution in [-0.2, 0) is 5.41 Å². The van der Waals surface area contributed by atoms with Gasteiger partial charge in [0.2, 0.25) is 0 Å². The normalized spacial score (nSPS) is 25.3. The van der Waals surface area contributed by atoms with Gasteiger partial charge in [0.05, 0.1) is 11.7 Å². The molecular weight excluding hydrogens is 241 g/mol. The van der Waals surface area contributed by atoms with Crippen LogP contribution >= 0.6 is 0 Å². The van der Waals surface area contributed by atoms with E-state index in [2.05, 4.69) is 37.1 Å². The number of pyridine rings is 1. The topological polar surface area (TPSA) is 28.2 Å².